The summed E-state index contributed by atoms with van der Waals surface area (Å²) in [4.78, 5) is 0. The van der Waals surface area contributed by atoms with E-state index in [0.717, 1.165) is 17.2 Å². The molecule has 0 aliphatic heterocycles. The van der Waals surface area contributed by atoms with Gasteiger partial charge in [-0.1, -0.05) is 23.5 Å². The number of nitrogens with one attached hydrogen (secondary N) is 1. The van der Waals surface area contributed by atoms with Gasteiger partial charge < -0.3 is 0 Å². The molecule has 0 atom stereocenters. The van der Waals surface area contributed by atoms with Crippen molar-refractivity contribution >= 4 is 27.0 Å². The molecule has 0 amide bonds. The van der Waals surface area contributed by atoms with E-state index in [9.17, 15) is 12.8 Å². The van der Waals surface area contributed by atoms with Gasteiger partial charge in [0.2, 0.25) is 0 Å². The topological polar surface area (TPSA) is 46.2 Å². The molecular formula is C12H12FNO2S2. The molecule has 0 radical (unpaired) electrons. The molecule has 18 heavy (non-hydrogen) atoms. The second kappa shape index (κ2) is 4.70. The molecule has 1 N–H and O–H groups in total. The van der Waals surface area contributed by atoms with E-state index in [4.69, 9.17) is 0 Å². The second-order valence-corrected chi connectivity index (χ2v) is 6.85. The Labute approximate surface area is 109 Å². The predicted molar refractivity (Wildman–Crippen MR) is 71.0 cm³/mol. The summed E-state index contributed by atoms with van der Waals surface area (Å²) in [6, 6.07) is 7.76. The largest absolute Gasteiger partial charge is 0.279 e. The number of halogens is 1. The molecule has 1 aromatic heterocycles. The molecule has 96 valence electrons. The van der Waals surface area contributed by atoms with Crippen LogP contribution in [0.1, 0.15) is 11.1 Å². The zero-order chi connectivity index (χ0) is 13.3. The molecular weight excluding hydrogens is 273 g/mol. The van der Waals surface area contributed by atoms with E-state index < -0.39 is 15.2 Å². The lowest BCUT2D eigenvalue weighted by Gasteiger charge is -2.10. The highest BCUT2D eigenvalue weighted by atomic mass is 32.2. The van der Waals surface area contributed by atoms with Crippen LogP contribution in [0.4, 0.5) is 10.1 Å². The molecule has 3 nitrogen and oxygen atoms in total. The van der Waals surface area contributed by atoms with Gasteiger partial charge in [-0.15, -0.1) is 0 Å². The van der Waals surface area contributed by atoms with Crippen molar-refractivity contribution in [3.8, 4) is 0 Å². The highest BCUT2D eigenvalue weighted by Gasteiger charge is 2.18. The summed E-state index contributed by atoms with van der Waals surface area (Å²) in [7, 11) is -3.70. The molecule has 1 heterocycles. The predicted octanol–water partition coefficient (Wildman–Crippen LogP) is 3.30. The Kier molecular flexibility index (Phi) is 3.41. The third kappa shape index (κ3) is 2.54. The fourth-order valence-electron chi connectivity index (χ4n) is 1.50. The minimum atomic E-state index is -3.70. The van der Waals surface area contributed by atoms with Gasteiger partial charge in [0.05, 0.1) is 5.69 Å². The van der Waals surface area contributed by atoms with Gasteiger partial charge in [0.15, 0.2) is 5.13 Å². The molecule has 0 aliphatic carbocycles. The van der Waals surface area contributed by atoms with E-state index in [2.05, 4.69) is 4.72 Å². The molecule has 0 saturated carbocycles. The van der Waals surface area contributed by atoms with Crippen LogP contribution >= 0.6 is 11.3 Å². The number of sulfonamides is 1. The number of benzene rings is 1. The fourth-order valence-corrected chi connectivity index (χ4v) is 3.62. The second-order valence-electron chi connectivity index (χ2n) is 3.91. The van der Waals surface area contributed by atoms with E-state index in [1.165, 1.54) is 6.07 Å². The lowest BCUT2D eigenvalue weighted by molar-refractivity contribution is 0.603. The number of hydrogen-bond acceptors (Lipinski definition) is 3. The summed E-state index contributed by atoms with van der Waals surface area (Å²) in [6.45, 7) is 3.74. The van der Waals surface area contributed by atoms with E-state index in [1.807, 2.05) is 19.9 Å². The number of anilines is 1. The van der Waals surface area contributed by atoms with Crippen molar-refractivity contribution in [2.45, 2.75) is 18.1 Å². The molecule has 6 heteroatoms. The molecule has 0 unspecified atom stereocenters. The maximum absolute atomic E-state index is 12.9. The van der Waals surface area contributed by atoms with Crippen molar-refractivity contribution in [2.75, 3.05) is 4.72 Å². The van der Waals surface area contributed by atoms with Gasteiger partial charge in [0, 0.05) is 0 Å². The molecule has 0 saturated heterocycles. The zero-order valence-corrected chi connectivity index (χ0v) is 11.5. The van der Waals surface area contributed by atoms with Crippen molar-refractivity contribution in [3.05, 3.63) is 46.6 Å². The maximum atomic E-state index is 12.9. The van der Waals surface area contributed by atoms with Crippen molar-refractivity contribution in [1.29, 1.82) is 0 Å². The van der Waals surface area contributed by atoms with Gasteiger partial charge in [-0.05, 0) is 43.2 Å². The van der Waals surface area contributed by atoms with Gasteiger partial charge in [-0.25, -0.2) is 8.42 Å². The smallest absolute Gasteiger partial charge is 0.271 e. The zero-order valence-electron chi connectivity index (χ0n) is 9.90. The lowest BCUT2D eigenvalue weighted by atomic mass is 10.1. The molecule has 0 fully saturated rings. The summed E-state index contributed by atoms with van der Waals surface area (Å²) in [5.41, 5.74) is 2.37. The van der Waals surface area contributed by atoms with Crippen molar-refractivity contribution in [2.24, 2.45) is 0 Å². The van der Waals surface area contributed by atoms with Gasteiger partial charge in [0.25, 0.3) is 10.0 Å². The van der Waals surface area contributed by atoms with Gasteiger partial charge >= 0.3 is 0 Å². The van der Waals surface area contributed by atoms with Gasteiger partial charge in [0.1, 0.15) is 4.21 Å². The average molecular weight is 285 g/mol. The Bertz CT molecular complexity index is 677. The number of hydrogen-bond donors (Lipinski definition) is 1. The van der Waals surface area contributed by atoms with Crippen molar-refractivity contribution < 1.29 is 12.8 Å². The Balaban J connectivity index is 2.37. The van der Waals surface area contributed by atoms with E-state index in [0.29, 0.717) is 17.0 Å². The highest BCUT2D eigenvalue weighted by molar-refractivity contribution is 7.94. The van der Waals surface area contributed by atoms with Crippen LogP contribution in [-0.2, 0) is 10.0 Å². The Morgan fingerprint density at radius 3 is 2.50 bits per heavy atom. The first-order valence-electron chi connectivity index (χ1n) is 5.24. The molecule has 0 spiro atoms. The SMILES string of the molecule is Cc1cccc(NS(=O)(=O)c2ccc(F)s2)c1C. The summed E-state index contributed by atoms with van der Waals surface area (Å²) >= 11 is 0.607. The van der Waals surface area contributed by atoms with Crippen LogP contribution in [0.15, 0.2) is 34.5 Å². The fraction of sp³-hybridized carbons (Fsp3) is 0.167. The summed E-state index contributed by atoms with van der Waals surface area (Å²) < 4.78 is 39.3. The van der Waals surface area contributed by atoms with Crippen LogP contribution in [0.2, 0.25) is 0 Å². The summed E-state index contributed by atoms with van der Waals surface area (Å²) in [5, 5.41) is -0.517. The minimum Gasteiger partial charge on any atom is -0.279 e. The molecule has 0 aliphatic rings. The summed E-state index contributed by atoms with van der Waals surface area (Å²) in [6.07, 6.45) is 0. The Morgan fingerprint density at radius 1 is 1.17 bits per heavy atom. The van der Waals surface area contributed by atoms with Crippen LogP contribution in [0.25, 0.3) is 0 Å². The highest BCUT2D eigenvalue weighted by Crippen LogP contribution is 2.25. The lowest BCUT2D eigenvalue weighted by Crippen LogP contribution is -2.12. The third-order valence-electron chi connectivity index (χ3n) is 2.66. The molecule has 1 aromatic carbocycles. The van der Waals surface area contributed by atoms with E-state index >= 15 is 0 Å². The standard InChI is InChI=1S/C12H12FNO2S2/c1-8-4-3-5-10(9(8)2)14-18(15,16)12-7-6-11(13)17-12/h3-7,14H,1-2H3. The normalized spacial score (nSPS) is 11.5. The van der Waals surface area contributed by atoms with E-state index in [1.54, 1.807) is 12.1 Å². The first kappa shape index (κ1) is 13.0. The quantitative estimate of drug-likeness (QED) is 0.940. The Morgan fingerprint density at radius 2 is 1.89 bits per heavy atom. The van der Waals surface area contributed by atoms with Crippen LogP contribution in [0, 0.1) is 19.0 Å². The number of thiophene rings is 1. The molecule has 2 rings (SSSR count). The van der Waals surface area contributed by atoms with Crippen LogP contribution in [0.3, 0.4) is 0 Å². The minimum absolute atomic E-state index is 0.0269. The molecule has 0 bridgehead atoms. The van der Waals surface area contributed by atoms with Crippen LogP contribution in [0.5, 0.6) is 0 Å². The van der Waals surface area contributed by atoms with Crippen molar-refractivity contribution in [3.63, 3.8) is 0 Å². The maximum Gasteiger partial charge on any atom is 0.271 e. The van der Waals surface area contributed by atoms with E-state index in [-0.39, 0.29) is 4.21 Å². The molecule has 2 aromatic rings. The van der Waals surface area contributed by atoms with Crippen LogP contribution < -0.4 is 4.72 Å². The monoisotopic (exact) mass is 285 g/mol. The Hall–Kier alpha value is -1.40. The third-order valence-corrected chi connectivity index (χ3v) is 5.39. The first-order chi connectivity index (χ1) is 8.40. The number of aryl methyl sites for hydroxylation is 1. The van der Waals surface area contributed by atoms with Crippen LogP contribution in [-0.4, -0.2) is 8.42 Å². The average Bonchev–Trinajstić information content (AvgIpc) is 2.72. The number of rotatable bonds is 3. The van der Waals surface area contributed by atoms with Gasteiger partial charge in [-0.3, -0.25) is 4.72 Å². The first-order valence-corrected chi connectivity index (χ1v) is 7.54. The van der Waals surface area contributed by atoms with Crippen molar-refractivity contribution in [1.82, 2.24) is 0 Å². The summed E-state index contributed by atoms with van der Waals surface area (Å²) in [5.74, 6) is 0. The van der Waals surface area contributed by atoms with Gasteiger partial charge in [-0.2, -0.15) is 4.39 Å².